The first-order valence-corrected chi connectivity index (χ1v) is 9.36. The lowest BCUT2D eigenvalue weighted by atomic mass is 9.95. The Bertz CT molecular complexity index is 945. The second-order valence-electron chi connectivity index (χ2n) is 6.72. The predicted octanol–water partition coefficient (Wildman–Crippen LogP) is 3.23. The Kier molecular flexibility index (Phi) is 4.33. The highest BCUT2D eigenvalue weighted by atomic mass is 32.1. The number of non-ortho nitro benzene ring substituents is 1. The third kappa shape index (κ3) is 2.93. The Labute approximate surface area is 153 Å². The summed E-state index contributed by atoms with van der Waals surface area (Å²) in [5.74, 6) is 0.713. The number of hydrogen-bond donors (Lipinski definition) is 1. The van der Waals surface area contributed by atoms with E-state index in [1.54, 1.807) is 12.1 Å². The van der Waals surface area contributed by atoms with Crippen LogP contribution in [0.25, 0.3) is 4.96 Å². The number of aromatic hydroxyl groups is 1. The Morgan fingerprint density at radius 3 is 2.85 bits per heavy atom. The van der Waals surface area contributed by atoms with Gasteiger partial charge in [-0.05, 0) is 37.4 Å². The van der Waals surface area contributed by atoms with Crippen molar-refractivity contribution in [1.82, 2.24) is 19.5 Å². The van der Waals surface area contributed by atoms with E-state index in [-0.39, 0.29) is 22.5 Å². The Hall–Kier alpha value is -2.52. The molecule has 9 heteroatoms. The smallest absolute Gasteiger partial charge is 0.269 e. The first-order chi connectivity index (χ1) is 12.5. The van der Waals surface area contributed by atoms with Crippen LogP contribution < -0.4 is 0 Å². The Balaban J connectivity index is 1.81. The molecule has 1 unspecified atom stereocenters. The lowest BCUT2D eigenvalue weighted by Gasteiger charge is -2.36. The SMILES string of the molecule is CC1CCN(C(c2cccc([N+](=O)[O-])c2)c2sc3ncnn3c2O)CC1. The van der Waals surface area contributed by atoms with Crippen molar-refractivity contribution >= 4 is 22.0 Å². The van der Waals surface area contributed by atoms with Crippen LogP contribution in [0.1, 0.15) is 36.2 Å². The number of thiazole rings is 1. The number of nitro benzene ring substituents is 1. The molecule has 3 aromatic rings. The number of nitrogens with zero attached hydrogens (tertiary/aromatic N) is 5. The summed E-state index contributed by atoms with van der Waals surface area (Å²) in [4.78, 5) is 18.6. The molecule has 1 fully saturated rings. The number of nitro groups is 1. The van der Waals surface area contributed by atoms with E-state index in [2.05, 4.69) is 21.9 Å². The zero-order valence-electron chi connectivity index (χ0n) is 14.3. The molecular formula is C17H19N5O3S. The second kappa shape index (κ2) is 6.65. The summed E-state index contributed by atoms with van der Waals surface area (Å²) in [5, 5.41) is 26.0. The summed E-state index contributed by atoms with van der Waals surface area (Å²) in [5.41, 5.74) is 0.852. The summed E-state index contributed by atoms with van der Waals surface area (Å²) in [6.45, 7) is 3.99. The average Bonchev–Trinajstić information content (AvgIpc) is 3.21. The quantitative estimate of drug-likeness (QED) is 0.557. The van der Waals surface area contributed by atoms with Crippen molar-refractivity contribution < 1.29 is 10.0 Å². The van der Waals surface area contributed by atoms with Gasteiger partial charge in [-0.1, -0.05) is 30.4 Å². The van der Waals surface area contributed by atoms with Crippen LogP contribution in [0.4, 0.5) is 5.69 Å². The third-order valence-electron chi connectivity index (χ3n) is 4.97. The molecule has 0 saturated carbocycles. The van der Waals surface area contributed by atoms with Crippen molar-refractivity contribution in [2.45, 2.75) is 25.8 Å². The highest BCUT2D eigenvalue weighted by Crippen LogP contribution is 2.41. The summed E-state index contributed by atoms with van der Waals surface area (Å²) < 4.78 is 1.41. The molecule has 26 heavy (non-hydrogen) atoms. The monoisotopic (exact) mass is 373 g/mol. The molecule has 1 aliphatic rings. The van der Waals surface area contributed by atoms with Gasteiger partial charge < -0.3 is 5.11 Å². The minimum atomic E-state index is -0.387. The average molecular weight is 373 g/mol. The lowest BCUT2D eigenvalue weighted by Crippen LogP contribution is -2.36. The standard InChI is InChI=1S/C17H19N5O3S/c1-11-5-7-20(8-6-11)14(12-3-2-4-13(9-12)22(24)25)15-16(23)21-17(26-15)18-10-19-21/h2-4,9-11,14,23H,5-8H2,1H3. The number of benzene rings is 1. The minimum absolute atomic E-state index is 0.0526. The zero-order chi connectivity index (χ0) is 18.3. The highest BCUT2D eigenvalue weighted by Gasteiger charge is 2.31. The number of likely N-dealkylation sites (tertiary alicyclic amines) is 1. The number of rotatable bonds is 4. The molecule has 1 atom stereocenters. The second-order valence-corrected chi connectivity index (χ2v) is 7.73. The first kappa shape index (κ1) is 16.9. The maximum Gasteiger partial charge on any atom is 0.269 e. The van der Waals surface area contributed by atoms with Crippen molar-refractivity contribution in [2.24, 2.45) is 5.92 Å². The van der Waals surface area contributed by atoms with Crippen molar-refractivity contribution in [1.29, 1.82) is 0 Å². The number of fused-ring (bicyclic) bond motifs is 1. The van der Waals surface area contributed by atoms with Gasteiger partial charge in [-0.3, -0.25) is 15.0 Å². The molecule has 0 radical (unpaired) electrons. The van der Waals surface area contributed by atoms with Crippen LogP contribution >= 0.6 is 11.3 Å². The van der Waals surface area contributed by atoms with Gasteiger partial charge in [-0.15, -0.1) is 0 Å². The van der Waals surface area contributed by atoms with E-state index < -0.39 is 0 Å². The van der Waals surface area contributed by atoms with E-state index in [1.807, 2.05) is 6.07 Å². The fourth-order valence-electron chi connectivity index (χ4n) is 3.50. The molecule has 1 aromatic carbocycles. The van der Waals surface area contributed by atoms with Gasteiger partial charge in [0, 0.05) is 12.1 Å². The van der Waals surface area contributed by atoms with E-state index >= 15 is 0 Å². The van der Waals surface area contributed by atoms with Gasteiger partial charge in [0.15, 0.2) is 0 Å². The fraction of sp³-hybridized carbons (Fsp3) is 0.412. The van der Waals surface area contributed by atoms with Crippen LogP contribution in [-0.4, -0.2) is 42.6 Å². The molecule has 8 nitrogen and oxygen atoms in total. The predicted molar refractivity (Wildman–Crippen MR) is 97.4 cm³/mol. The van der Waals surface area contributed by atoms with Crippen LogP contribution in [-0.2, 0) is 0 Å². The van der Waals surface area contributed by atoms with E-state index in [1.165, 1.54) is 28.2 Å². The van der Waals surface area contributed by atoms with Crippen molar-refractivity contribution in [3.63, 3.8) is 0 Å². The molecule has 0 bridgehead atoms. The first-order valence-electron chi connectivity index (χ1n) is 8.54. The van der Waals surface area contributed by atoms with Gasteiger partial charge in [0.25, 0.3) is 5.69 Å². The third-order valence-corrected chi connectivity index (χ3v) is 6.05. The van der Waals surface area contributed by atoms with Gasteiger partial charge >= 0.3 is 0 Å². The van der Waals surface area contributed by atoms with Crippen LogP contribution in [0.5, 0.6) is 5.88 Å². The summed E-state index contributed by atoms with van der Waals surface area (Å²) in [7, 11) is 0. The topological polar surface area (TPSA) is 96.8 Å². The van der Waals surface area contributed by atoms with Gasteiger partial charge in [-0.25, -0.2) is 4.98 Å². The summed E-state index contributed by atoms with van der Waals surface area (Å²) in [6, 6.07) is 6.40. The number of piperidine rings is 1. The molecule has 1 saturated heterocycles. The van der Waals surface area contributed by atoms with E-state index in [0.717, 1.165) is 36.4 Å². The molecular weight excluding hydrogens is 354 g/mol. The number of hydrogen-bond acceptors (Lipinski definition) is 7. The van der Waals surface area contributed by atoms with Crippen LogP contribution in [0.3, 0.4) is 0 Å². The lowest BCUT2D eigenvalue weighted by molar-refractivity contribution is -0.384. The Morgan fingerprint density at radius 2 is 2.15 bits per heavy atom. The van der Waals surface area contributed by atoms with Crippen LogP contribution in [0.15, 0.2) is 30.6 Å². The molecule has 1 N–H and O–H groups in total. The fourth-order valence-corrected chi connectivity index (χ4v) is 4.59. The van der Waals surface area contributed by atoms with Crippen molar-refractivity contribution in [3.05, 3.63) is 51.1 Å². The maximum absolute atomic E-state index is 11.2. The van der Waals surface area contributed by atoms with Crippen LogP contribution in [0, 0.1) is 16.0 Å². The number of aromatic nitrogens is 3. The molecule has 4 rings (SSSR count). The van der Waals surface area contributed by atoms with Gasteiger partial charge in [0.2, 0.25) is 10.8 Å². The van der Waals surface area contributed by atoms with Gasteiger partial charge in [0.1, 0.15) is 6.33 Å². The van der Waals surface area contributed by atoms with E-state index in [4.69, 9.17) is 0 Å². The van der Waals surface area contributed by atoms with Crippen molar-refractivity contribution in [2.75, 3.05) is 13.1 Å². The van der Waals surface area contributed by atoms with Gasteiger partial charge in [-0.2, -0.15) is 9.61 Å². The molecule has 0 amide bonds. The van der Waals surface area contributed by atoms with Crippen LogP contribution in [0.2, 0.25) is 0 Å². The normalized spacial score (nSPS) is 17.6. The molecule has 0 aliphatic carbocycles. The minimum Gasteiger partial charge on any atom is -0.492 e. The summed E-state index contributed by atoms with van der Waals surface area (Å²) in [6.07, 6.45) is 3.53. The molecule has 136 valence electrons. The van der Waals surface area contributed by atoms with E-state index in [0.29, 0.717) is 10.9 Å². The largest absolute Gasteiger partial charge is 0.492 e. The molecule has 0 spiro atoms. The van der Waals surface area contributed by atoms with E-state index in [9.17, 15) is 15.2 Å². The van der Waals surface area contributed by atoms with Crippen molar-refractivity contribution in [3.8, 4) is 5.88 Å². The molecule has 1 aliphatic heterocycles. The summed E-state index contributed by atoms with van der Waals surface area (Å²) >= 11 is 1.37. The maximum atomic E-state index is 11.2. The molecule has 3 heterocycles. The molecule has 2 aromatic heterocycles. The highest BCUT2D eigenvalue weighted by molar-refractivity contribution is 7.17. The van der Waals surface area contributed by atoms with Gasteiger partial charge in [0.05, 0.1) is 15.8 Å². The Morgan fingerprint density at radius 1 is 1.38 bits per heavy atom. The zero-order valence-corrected chi connectivity index (χ0v) is 15.1.